The molecule has 1 saturated heterocycles. The van der Waals surface area contributed by atoms with E-state index in [1.54, 1.807) is 6.92 Å². The van der Waals surface area contributed by atoms with Gasteiger partial charge in [-0.1, -0.05) is 11.6 Å². The van der Waals surface area contributed by atoms with Gasteiger partial charge in [0.15, 0.2) is 0 Å². The molecule has 106 valence electrons. The summed E-state index contributed by atoms with van der Waals surface area (Å²) in [6.07, 6.45) is 0.340. The molecule has 1 aromatic carbocycles. The molecule has 2 atom stereocenters. The first-order valence-corrected chi connectivity index (χ1v) is 7.06. The highest BCUT2D eigenvalue weighted by Crippen LogP contribution is 2.32. The van der Waals surface area contributed by atoms with Crippen LogP contribution in [0.2, 0.25) is 5.02 Å². The molecule has 0 saturated carbocycles. The molecule has 1 N–H and O–H groups in total. The lowest BCUT2D eigenvalue weighted by atomic mass is 10.2. The van der Waals surface area contributed by atoms with E-state index in [0.717, 1.165) is 0 Å². The largest absolute Gasteiger partial charge is 0.354 e. The van der Waals surface area contributed by atoms with Crippen LogP contribution in [0.25, 0.3) is 11.0 Å². The van der Waals surface area contributed by atoms with Gasteiger partial charge < -0.3 is 9.88 Å². The van der Waals surface area contributed by atoms with Crippen molar-refractivity contribution >= 4 is 40.1 Å². The van der Waals surface area contributed by atoms with E-state index in [0.29, 0.717) is 29.8 Å². The van der Waals surface area contributed by atoms with Gasteiger partial charge in [0, 0.05) is 19.0 Å². The van der Waals surface area contributed by atoms with E-state index >= 15 is 0 Å². The summed E-state index contributed by atoms with van der Waals surface area (Å²) >= 11 is 11.9. The number of alkyl halides is 1. The first kappa shape index (κ1) is 13.6. The normalized spacial score (nSPS) is 20.4. The van der Waals surface area contributed by atoms with Gasteiger partial charge in [-0.25, -0.2) is 9.37 Å². The number of nitrogens with one attached hydrogen (secondary N) is 1. The molecule has 3 rings (SSSR count). The molecular weight excluding hydrogens is 304 g/mol. The average molecular weight is 316 g/mol. The molecular formula is C13H12Cl2FN3O. The van der Waals surface area contributed by atoms with E-state index in [9.17, 15) is 9.18 Å². The van der Waals surface area contributed by atoms with Crippen LogP contribution in [-0.4, -0.2) is 22.0 Å². The molecule has 0 radical (unpaired) electrons. The van der Waals surface area contributed by atoms with Crippen LogP contribution in [0.5, 0.6) is 0 Å². The number of benzene rings is 1. The standard InChI is InChI=1S/C13H12Cl2FN3O/c1-6(14)13-18-10-3-8(15)9(16)4-11(10)19(13)7-2-12(20)17-5-7/h3-4,6-7H,2,5H2,1H3,(H,17,20). The zero-order valence-electron chi connectivity index (χ0n) is 10.7. The molecule has 20 heavy (non-hydrogen) atoms. The Labute approximate surface area is 124 Å². The quantitative estimate of drug-likeness (QED) is 0.865. The smallest absolute Gasteiger partial charge is 0.222 e. The third-order valence-electron chi connectivity index (χ3n) is 3.44. The number of aromatic nitrogens is 2. The molecule has 2 heterocycles. The zero-order chi connectivity index (χ0) is 14.4. The zero-order valence-corrected chi connectivity index (χ0v) is 12.2. The molecule has 1 fully saturated rings. The van der Waals surface area contributed by atoms with Gasteiger partial charge in [0.25, 0.3) is 0 Å². The molecule has 0 bridgehead atoms. The maximum Gasteiger partial charge on any atom is 0.222 e. The predicted molar refractivity (Wildman–Crippen MR) is 75.6 cm³/mol. The summed E-state index contributed by atoms with van der Waals surface area (Å²) in [4.78, 5) is 15.8. The first-order chi connectivity index (χ1) is 9.47. The summed E-state index contributed by atoms with van der Waals surface area (Å²) in [5.41, 5.74) is 1.19. The minimum atomic E-state index is -0.508. The molecule has 1 aliphatic rings. The van der Waals surface area contributed by atoms with E-state index in [1.165, 1.54) is 12.1 Å². The van der Waals surface area contributed by atoms with Gasteiger partial charge in [-0.3, -0.25) is 4.79 Å². The third kappa shape index (κ3) is 2.15. The maximum atomic E-state index is 13.7. The fraction of sp³-hybridized carbons (Fsp3) is 0.385. The number of nitrogens with zero attached hydrogens (tertiary/aromatic N) is 2. The number of hydrogen-bond donors (Lipinski definition) is 1. The van der Waals surface area contributed by atoms with Crippen molar-refractivity contribution in [3.05, 3.63) is 28.8 Å². The molecule has 2 unspecified atom stereocenters. The van der Waals surface area contributed by atoms with Crippen molar-refractivity contribution in [2.24, 2.45) is 0 Å². The molecule has 2 aromatic rings. The Balaban J connectivity index is 2.23. The Hall–Kier alpha value is -1.33. The van der Waals surface area contributed by atoms with E-state index in [2.05, 4.69) is 10.3 Å². The van der Waals surface area contributed by atoms with Gasteiger partial charge in [-0.15, -0.1) is 11.6 Å². The number of fused-ring (bicyclic) bond motifs is 1. The molecule has 7 heteroatoms. The number of hydrogen-bond acceptors (Lipinski definition) is 2. The summed E-state index contributed by atoms with van der Waals surface area (Å²) in [5, 5.41) is 2.44. The van der Waals surface area contributed by atoms with Gasteiger partial charge in [0.1, 0.15) is 11.6 Å². The Morgan fingerprint density at radius 3 is 2.90 bits per heavy atom. The average Bonchev–Trinajstić information content (AvgIpc) is 2.94. The fourth-order valence-corrected chi connectivity index (χ4v) is 2.86. The first-order valence-electron chi connectivity index (χ1n) is 6.25. The lowest BCUT2D eigenvalue weighted by Gasteiger charge is -2.16. The van der Waals surface area contributed by atoms with Gasteiger partial charge in [0.05, 0.1) is 27.5 Å². The summed E-state index contributed by atoms with van der Waals surface area (Å²) in [6.45, 7) is 2.28. The minimum absolute atomic E-state index is 0.0246. The number of carbonyl (C=O) groups is 1. The molecule has 1 amide bonds. The topological polar surface area (TPSA) is 46.9 Å². The van der Waals surface area contributed by atoms with Gasteiger partial charge in [-0.05, 0) is 13.0 Å². The van der Waals surface area contributed by atoms with E-state index in [-0.39, 0.29) is 22.3 Å². The van der Waals surface area contributed by atoms with Crippen LogP contribution in [0.3, 0.4) is 0 Å². The third-order valence-corrected chi connectivity index (χ3v) is 3.92. The van der Waals surface area contributed by atoms with Crippen LogP contribution in [0.1, 0.15) is 30.6 Å². The SMILES string of the molecule is CC(Cl)c1nc2cc(Cl)c(F)cc2n1C1CNC(=O)C1. The second-order valence-corrected chi connectivity index (χ2v) is 5.93. The summed E-state index contributed by atoms with van der Waals surface area (Å²) < 4.78 is 15.6. The maximum absolute atomic E-state index is 13.7. The highest BCUT2D eigenvalue weighted by Gasteiger charge is 2.28. The number of amides is 1. The van der Waals surface area contributed by atoms with Crippen LogP contribution in [-0.2, 0) is 4.79 Å². The highest BCUT2D eigenvalue weighted by molar-refractivity contribution is 6.31. The summed E-state index contributed by atoms with van der Waals surface area (Å²) in [7, 11) is 0. The van der Waals surface area contributed by atoms with Crippen LogP contribution in [0, 0.1) is 5.82 Å². The summed E-state index contributed by atoms with van der Waals surface area (Å²) in [5.74, 6) is 0.0793. The highest BCUT2D eigenvalue weighted by atomic mass is 35.5. The Morgan fingerprint density at radius 1 is 1.55 bits per heavy atom. The van der Waals surface area contributed by atoms with Crippen molar-refractivity contribution < 1.29 is 9.18 Å². The number of rotatable bonds is 2. The van der Waals surface area contributed by atoms with Crippen molar-refractivity contribution in [3.8, 4) is 0 Å². The van der Waals surface area contributed by atoms with Crippen molar-refractivity contribution in [2.75, 3.05) is 6.54 Å². The number of carbonyl (C=O) groups excluding carboxylic acids is 1. The van der Waals surface area contributed by atoms with Crippen LogP contribution >= 0.6 is 23.2 Å². The molecule has 0 aliphatic carbocycles. The Kier molecular flexibility index (Phi) is 3.34. The van der Waals surface area contributed by atoms with Gasteiger partial charge in [0.2, 0.25) is 5.91 Å². The van der Waals surface area contributed by atoms with Gasteiger partial charge in [-0.2, -0.15) is 0 Å². The van der Waals surface area contributed by atoms with Gasteiger partial charge >= 0.3 is 0 Å². The van der Waals surface area contributed by atoms with E-state index in [4.69, 9.17) is 23.2 Å². The number of imidazole rings is 1. The van der Waals surface area contributed by atoms with E-state index in [1.807, 2.05) is 4.57 Å². The molecule has 0 spiro atoms. The Morgan fingerprint density at radius 2 is 2.30 bits per heavy atom. The molecule has 1 aliphatic heterocycles. The minimum Gasteiger partial charge on any atom is -0.354 e. The summed E-state index contributed by atoms with van der Waals surface area (Å²) in [6, 6.07) is 2.72. The van der Waals surface area contributed by atoms with Crippen LogP contribution < -0.4 is 5.32 Å². The Bertz CT molecular complexity index is 698. The van der Waals surface area contributed by atoms with Crippen molar-refractivity contribution in [1.29, 1.82) is 0 Å². The molecule has 1 aromatic heterocycles. The molecule has 4 nitrogen and oxygen atoms in total. The second-order valence-electron chi connectivity index (χ2n) is 4.87. The van der Waals surface area contributed by atoms with Crippen molar-refractivity contribution in [2.45, 2.75) is 24.8 Å². The lowest BCUT2D eigenvalue weighted by Crippen LogP contribution is -2.17. The van der Waals surface area contributed by atoms with Crippen molar-refractivity contribution in [3.63, 3.8) is 0 Å². The van der Waals surface area contributed by atoms with E-state index < -0.39 is 5.82 Å². The monoisotopic (exact) mass is 315 g/mol. The number of halogens is 3. The van der Waals surface area contributed by atoms with Crippen LogP contribution in [0.4, 0.5) is 4.39 Å². The second kappa shape index (κ2) is 4.90. The van der Waals surface area contributed by atoms with Crippen molar-refractivity contribution in [1.82, 2.24) is 14.9 Å². The fourth-order valence-electron chi connectivity index (χ4n) is 2.55. The van der Waals surface area contributed by atoms with Crippen LogP contribution in [0.15, 0.2) is 12.1 Å². The lowest BCUT2D eigenvalue weighted by molar-refractivity contribution is -0.119. The predicted octanol–water partition coefficient (Wildman–Crippen LogP) is 3.19.